The quantitative estimate of drug-likeness (QED) is 0.781. The van der Waals surface area contributed by atoms with Crippen LogP contribution in [0.25, 0.3) is 0 Å². The third-order valence-corrected chi connectivity index (χ3v) is 3.40. The maximum Gasteiger partial charge on any atom is 0.433 e. The van der Waals surface area contributed by atoms with Gasteiger partial charge in [-0.1, -0.05) is 37.3 Å². The number of carbonyl (C=O) groups excluding carboxylic acids is 1. The third-order valence-electron chi connectivity index (χ3n) is 3.40. The fourth-order valence-electron chi connectivity index (χ4n) is 2.21. The van der Waals surface area contributed by atoms with Crippen LogP contribution in [0.3, 0.4) is 0 Å². The maximum atomic E-state index is 11.8. The standard InChI is InChI=1S/C16H22N2O3/c1-2-15(14-6-4-3-5-7-14)17-16(19)21-13-10-18-8-11-20-12-9-18/h3-7H,2,8-13H2,1H3/b17-15-. The number of aliphatic imine (C=N–C) groups is 1. The molecule has 1 amide bonds. The summed E-state index contributed by atoms with van der Waals surface area (Å²) in [6.45, 7) is 6.37. The van der Waals surface area contributed by atoms with E-state index in [1.54, 1.807) is 0 Å². The lowest BCUT2D eigenvalue weighted by Crippen LogP contribution is -2.38. The van der Waals surface area contributed by atoms with Crippen LogP contribution < -0.4 is 0 Å². The van der Waals surface area contributed by atoms with Gasteiger partial charge in [-0.2, -0.15) is 4.99 Å². The van der Waals surface area contributed by atoms with Gasteiger partial charge >= 0.3 is 6.09 Å². The molecule has 114 valence electrons. The Morgan fingerprint density at radius 3 is 2.67 bits per heavy atom. The number of amides is 1. The smallest absolute Gasteiger partial charge is 0.433 e. The summed E-state index contributed by atoms with van der Waals surface area (Å²) in [5.41, 5.74) is 1.72. The minimum atomic E-state index is -0.510. The number of rotatable bonds is 5. The van der Waals surface area contributed by atoms with E-state index in [1.807, 2.05) is 37.3 Å². The van der Waals surface area contributed by atoms with E-state index in [-0.39, 0.29) is 0 Å². The molecule has 0 N–H and O–H groups in total. The van der Waals surface area contributed by atoms with Crippen molar-refractivity contribution in [2.24, 2.45) is 4.99 Å². The normalized spacial score (nSPS) is 16.7. The average Bonchev–Trinajstić information content (AvgIpc) is 2.54. The van der Waals surface area contributed by atoms with Gasteiger partial charge in [0.1, 0.15) is 6.61 Å². The van der Waals surface area contributed by atoms with Gasteiger partial charge in [-0.25, -0.2) is 4.79 Å². The fourth-order valence-corrected chi connectivity index (χ4v) is 2.21. The zero-order chi connectivity index (χ0) is 14.9. The molecule has 0 atom stereocenters. The summed E-state index contributed by atoms with van der Waals surface area (Å²) in [6, 6.07) is 9.71. The number of carbonyl (C=O) groups is 1. The number of hydrogen-bond acceptors (Lipinski definition) is 4. The summed E-state index contributed by atoms with van der Waals surface area (Å²) in [5, 5.41) is 0. The van der Waals surface area contributed by atoms with Crippen molar-refractivity contribution in [3.8, 4) is 0 Å². The van der Waals surface area contributed by atoms with E-state index >= 15 is 0 Å². The second kappa shape index (κ2) is 8.54. The molecule has 21 heavy (non-hydrogen) atoms. The van der Waals surface area contributed by atoms with Gasteiger partial charge in [-0.05, 0) is 12.0 Å². The predicted molar refractivity (Wildman–Crippen MR) is 81.9 cm³/mol. The van der Waals surface area contributed by atoms with E-state index in [9.17, 15) is 4.79 Å². The molecule has 1 aliphatic heterocycles. The minimum Gasteiger partial charge on any atom is -0.447 e. The molecule has 5 heteroatoms. The Morgan fingerprint density at radius 2 is 2.00 bits per heavy atom. The van der Waals surface area contributed by atoms with Gasteiger partial charge in [0.15, 0.2) is 0 Å². The topological polar surface area (TPSA) is 51.1 Å². The largest absolute Gasteiger partial charge is 0.447 e. The molecule has 1 heterocycles. The molecule has 1 fully saturated rings. The number of nitrogens with zero attached hydrogens (tertiary/aromatic N) is 2. The number of morpholine rings is 1. The molecule has 0 spiro atoms. The second-order valence-electron chi connectivity index (χ2n) is 4.85. The van der Waals surface area contributed by atoms with Crippen LogP contribution in [0, 0.1) is 0 Å². The van der Waals surface area contributed by atoms with Crippen LogP contribution in [-0.2, 0) is 9.47 Å². The monoisotopic (exact) mass is 290 g/mol. The summed E-state index contributed by atoms with van der Waals surface area (Å²) in [5.74, 6) is 0. The van der Waals surface area contributed by atoms with Crippen molar-refractivity contribution in [1.82, 2.24) is 4.90 Å². The number of benzene rings is 1. The summed E-state index contributed by atoms with van der Waals surface area (Å²) in [7, 11) is 0. The van der Waals surface area contributed by atoms with Gasteiger partial charge in [-0.15, -0.1) is 0 Å². The van der Waals surface area contributed by atoms with Crippen LogP contribution in [0.1, 0.15) is 18.9 Å². The molecule has 0 saturated carbocycles. The molecule has 0 unspecified atom stereocenters. The number of ether oxygens (including phenoxy) is 2. The SMILES string of the molecule is CC/C(=N/C(=O)OCCN1CCOCC1)c1ccccc1. The van der Waals surface area contributed by atoms with Crippen molar-refractivity contribution in [1.29, 1.82) is 0 Å². The first-order chi connectivity index (χ1) is 10.3. The van der Waals surface area contributed by atoms with E-state index in [4.69, 9.17) is 9.47 Å². The van der Waals surface area contributed by atoms with E-state index < -0.39 is 6.09 Å². The van der Waals surface area contributed by atoms with E-state index in [0.29, 0.717) is 13.0 Å². The summed E-state index contributed by atoms with van der Waals surface area (Å²) >= 11 is 0. The number of hydrogen-bond donors (Lipinski definition) is 0. The Morgan fingerprint density at radius 1 is 1.29 bits per heavy atom. The Hall–Kier alpha value is -1.72. The zero-order valence-corrected chi connectivity index (χ0v) is 12.5. The van der Waals surface area contributed by atoms with E-state index in [0.717, 1.165) is 44.1 Å². The molecule has 1 saturated heterocycles. The van der Waals surface area contributed by atoms with Crippen LogP contribution in [0.4, 0.5) is 4.79 Å². The molecule has 0 aliphatic carbocycles. The van der Waals surface area contributed by atoms with Gasteiger partial charge in [0, 0.05) is 19.6 Å². The van der Waals surface area contributed by atoms with Crippen LogP contribution >= 0.6 is 0 Å². The molecule has 1 aromatic carbocycles. The van der Waals surface area contributed by atoms with Gasteiger partial charge in [-0.3, -0.25) is 4.90 Å². The van der Waals surface area contributed by atoms with E-state index in [2.05, 4.69) is 9.89 Å². The molecule has 0 radical (unpaired) electrons. The lowest BCUT2D eigenvalue weighted by atomic mass is 10.1. The van der Waals surface area contributed by atoms with E-state index in [1.165, 1.54) is 0 Å². The van der Waals surface area contributed by atoms with Crippen LogP contribution in [0.15, 0.2) is 35.3 Å². The Balaban J connectivity index is 1.80. The first-order valence-electron chi connectivity index (χ1n) is 7.39. The van der Waals surface area contributed by atoms with Gasteiger partial charge in [0.05, 0.1) is 18.9 Å². The lowest BCUT2D eigenvalue weighted by Gasteiger charge is -2.25. The molecule has 5 nitrogen and oxygen atoms in total. The third kappa shape index (κ3) is 5.28. The molecule has 0 bridgehead atoms. The second-order valence-corrected chi connectivity index (χ2v) is 4.85. The first-order valence-corrected chi connectivity index (χ1v) is 7.39. The van der Waals surface area contributed by atoms with Crippen LogP contribution in [0.2, 0.25) is 0 Å². The van der Waals surface area contributed by atoms with Crippen molar-refractivity contribution in [3.05, 3.63) is 35.9 Å². The highest BCUT2D eigenvalue weighted by Crippen LogP contribution is 2.05. The first kappa shape index (κ1) is 15.7. The predicted octanol–water partition coefficient (Wildman–Crippen LogP) is 2.35. The molecular weight excluding hydrogens is 268 g/mol. The highest BCUT2D eigenvalue weighted by molar-refractivity contribution is 6.05. The molecular formula is C16H22N2O3. The summed E-state index contributed by atoms with van der Waals surface area (Å²) in [4.78, 5) is 18.1. The Bertz CT molecular complexity index is 468. The zero-order valence-electron chi connectivity index (χ0n) is 12.5. The fraction of sp³-hybridized carbons (Fsp3) is 0.500. The Kier molecular flexibility index (Phi) is 6.37. The van der Waals surface area contributed by atoms with Crippen molar-refractivity contribution in [2.45, 2.75) is 13.3 Å². The minimum absolute atomic E-state index is 0.369. The molecule has 1 aliphatic rings. The van der Waals surface area contributed by atoms with Crippen molar-refractivity contribution < 1.29 is 14.3 Å². The highest BCUT2D eigenvalue weighted by Gasteiger charge is 2.11. The molecule has 0 aromatic heterocycles. The van der Waals surface area contributed by atoms with Gasteiger partial charge in [0.2, 0.25) is 0 Å². The lowest BCUT2D eigenvalue weighted by molar-refractivity contribution is 0.0288. The maximum absolute atomic E-state index is 11.8. The highest BCUT2D eigenvalue weighted by atomic mass is 16.5. The van der Waals surface area contributed by atoms with Gasteiger partial charge < -0.3 is 9.47 Å². The Labute approximate surface area is 125 Å². The van der Waals surface area contributed by atoms with Crippen molar-refractivity contribution in [2.75, 3.05) is 39.5 Å². The van der Waals surface area contributed by atoms with Crippen LogP contribution in [-0.4, -0.2) is 56.2 Å². The summed E-state index contributed by atoms with van der Waals surface area (Å²) in [6.07, 6.45) is 0.187. The molecule has 1 aromatic rings. The average molecular weight is 290 g/mol. The summed E-state index contributed by atoms with van der Waals surface area (Å²) < 4.78 is 10.5. The van der Waals surface area contributed by atoms with Crippen molar-refractivity contribution in [3.63, 3.8) is 0 Å². The molecule has 2 rings (SSSR count). The van der Waals surface area contributed by atoms with Crippen LogP contribution in [0.5, 0.6) is 0 Å². The van der Waals surface area contributed by atoms with Crippen molar-refractivity contribution >= 4 is 11.8 Å². The van der Waals surface area contributed by atoms with Gasteiger partial charge in [0.25, 0.3) is 0 Å².